The average Bonchev–Trinajstić information content (AvgIpc) is 3.20. The lowest BCUT2D eigenvalue weighted by Crippen LogP contribution is -2.50. The van der Waals surface area contributed by atoms with E-state index in [-0.39, 0.29) is 31.9 Å². The molecule has 12 heteroatoms. The second-order valence-electron chi connectivity index (χ2n) is 12.0. The van der Waals surface area contributed by atoms with E-state index in [1.165, 1.54) is 0 Å². The molecule has 1 atom stereocenters. The fraction of sp³-hybridized carbons (Fsp3) is 0.452. The van der Waals surface area contributed by atoms with Gasteiger partial charge in [0.25, 0.3) is 0 Å². The minimum Gasteiger partial charge on any atom is -0.480 e. The van der Waals surface area contributed by atoms with Crippen LogP contribution in [0.3, 0.4) is 0 Å². The maximum Gasteiger partial charge on any atom is 0.427 e. The van der Waals surface area contributed by atoms with Crippen LogP contribution in [0, 0.1) is 0 Å². The molecule has 2 aromatic carbocycles. The Hall–Kier alpha value is -4.61. The molecule has 0 bridgehead atoms. The number of imide groups is 1. The van der Waals surface area contributed by atoms with Crippen LogP contribution in [-0.4, -0.2) is 70.6 Å². The Labute approximate surface area is 251 Å². The summed E-state index contributed by atoms with van der Waals surface area (Å²) < 4.78 is 16.0. The van der Waals surface area contributed by atoms with Crippen molar-refractivity contribution in [1.29, 1.82) is 0 Å². The van der Waals surface area contributed by atoms with Gasteiger partial charge in [-0.2, -0.15) is 0 Å². The lowest BCUT2D eigenvalue weighted by atomic mass is 9.98. The number of alkyl carbamates (subject to hydrolysis) is 1. The Morgan fingerprint density at radius 3 is 1.86 bits per heavy atom. The van der Waals surface area contributed by atoms with Crippen molar-refractivity contribution in [3.8, 4) is 11.1 Å². The van der Waals surface area contributed by atoms with Crippen LogP contribution >= 0.6 is 0 Å². The van der Waals surface area contributed by atoms with Crippen LogP contribution in [0.1, 0.15) is 71.4 Å². The molecule has 0 heterocycles. The number of nitrogens with two attached hydrogens (primary N) is 1. The number of aliphatic carboxylic acids is 1. The molecule has 1 aliphatic rings. The number of aliphatic imine (C=N–C) groups is 1. The van der Waals surface area contributed by atoms with Gasteiger partial charge in [-0.1, -0.05) is 48.5 Å². The normalized spacial score (nSPS) is 13.8. The fourth-order valence-electron chi connectivity index (χ4n) is 4.48. The van der Waals surface area contributed by atoms with Crippen LogP contribution in [0.25, 0.3) is 11.1 Å². The van der Waals surface area contributed by atoms with Gasteiger partial charge in [-0.25, -0.2) is 19.2 Å². The molecule has 1 unspecified atom stereocenters. The predicted molar refractivity (Wildman–Crippen MR) is 160 cm³/mol. The van der Waals surface area contributed by atoms with Crippen molar-refractivity contribution in [2.45, 2.75) is 77.5 Å². The van der Waals surface area contributed by atoms with Crippen molar-refractivity contribution < 1.29 is 38.5 Å². The summed E-state index contributed by atoms with van der Waals surface area (Å²) in [4.78, 5) is 54.3. The van der Waals surface area contributed by atoms with E-state index in [4.69, 9.17) is 19.9 Å². The molecule has 0 aliphatic heterocycles. The van der Waals surface area contributed by atoms with Crippen LogP contribution in [0.4, 0.5) is 14.4 Å². The van der Waals surface area contributed by atoms with Crippen molar-refractivity contribution in [2.24, 2.45) is 10.7 Å². The molecular weight excluding hydrogens is 556 g/mol. The van der Waals surface area contributed by atoms with Crippen molar-refractivity contribution in [2.75, 3.05) is 13.2 Å². The highest BCUT2D eigenvalue weighted by Gasteiger charge is 2.34. The zero-order valence-electron chi connectivity index (χ0n) is 25.4. The number of carbonyl (C=O) groups is 4. The van der Waals surface area contributed by atoms with E-state index in [2.05, 4.69) is 10.3 Å². The summed E-state index contributed by atoms with van der Waals surface area (Å²) in [6.07, 6.45) is -2.86. The fourth-order valence-corrected chi connectivity index (χ4v) is 4.48. The highest BCUT2D eigenvalue weighted by Crippen LogP contribution is 2.44. The largest absolute Gasteiger partial charge is 0.480 e. The molecule has 3 rings (SSSR count). The van der Waals surface area contributed by atoms with Crippen molar-refractivity contribution >= 4 is 30.2 Å². The maximum atomic E-state index is 12.7. The smallest absolute Gasteiger partial charge is 0.427 e. The first-order valence-corrected chi connectivity index (χ1v) is 14.0. The van der Waals surface area contributed by atoms with E-state index >= 15 is 0 Å². The summed E-state index contributed by atoms with van der Waals surface area (Å²) in [6, 6.07) is 14.5. The molecule has 12 nitrogen and oxygen atoms in total. The minimum atomic E-state index is -1.26. The summed E-state index contributed by atoms with van der Waals surface area (Å²) in [6.45, 7) is 9.75. The number of amides is 3. The molecule has 0 spiro atoms. The average molecular weight is 597 g/mol. The number of hydrogen-bond acceptors (Lipinski definition) is 8. The summed E-state index contributed by atoms with van der Waals surface area (Å²) >= 11 is 0. The van der Waals surface area contributed by atoms with Gasteiger partial charge in [0.2, 0.25) is 5.96 Å². The Morgan fingerprint density at radius 2 is 1.40 bits per heavy atom. The second-order valence-corrected chi connectivity index (χ2v) is 12.0. The number of carboxylic acids is 1. The van der Waals surface area contributed by atoms with E-state index in [0.717, 1.165) is 22.3 Å². The lowest BCUT2D eigenvalue weighted by Gasteiger charge is -2.27. The summed E-state index contributed by atoms with van der Waals surface area (Å²) in [7, 11) is 0. The lowest BCUT2D eigenvalue weighted by molar-refractivity contribution is -0.139. The second kappa shape index (κ2) is 13.6. The van der Waals surface area contributed by atoms with Crippen molar-refractivity contribution in [1.82, 2.24) is 10.2 Å². The third kappa shape index (κ3) is 9.19. The van der Waals surface area contributed by atoms with Gasteiger partial charge < -0.3 is 30.4 Å². The highest BCUT2D eigenvalue weighted by atomic mass is 16.6. The number of nitrogens with zero attached hydrogens (tertiary/aromatic N) is 2. The quantitative estimate of drug-likeness (QED) is 0.159. The number of carboxylic acid groups (broad SMARTS) is 1. The Kier molecular flexibility index (Phi) is 10.4. The molecule has 4 N–H and O–H groups in total. The summed E-state index contributed by atoms with van der Waals surface area (Å²) in [5, 5.41) is 12.0. The van der Waals surface area contributed by atoms with Gasteiger partial charge >= 0.3 is 24.2 Å². The Bertz CT molecular complexity index is 1300. The molecule has 43 heavy (non-hydrogen) atoms. The number of carbonyl (C=O) groups excluding carboxylic acids is 3. The van der Waals surface area contributed by atoms with Gasteiger partial charge in [-0.3, -0.25) is 4.99 Å². The number of nitrogens with one attached hydrogen (secondary N) is 1. The van der Waals surface area contributed by atoms with Gasteiger partial charge in [0.15, 0.2) is 0 Å². The maximum absolute atomic E-state index is 12.7. The number of ether oxygens (including phenoxy) is 3. The summed E-state index contributed by atoms with van der Waals surface area (Å²) in [5.74, 6) is -1.90. The molecule has 1 aliphatic carbocycles. The Morgan fingerprint density at radius 1 is 0.907 bits per heavy atom. The number of fused-ring (bicyclic) bond motifs is 3. The molecule has 0 aromatic heterocycles. The molecule has 232 valence electrons. The molecule has 3 amide bonds. The van der Waals surface area contributed by atoms with E-state index < -0.39 is 47.5 Å². The van der Waals surface area contributed by atoms with Gasteiger partial charge in [-0.15, -0.1) is 4.90 Å². The molecule has 0 saturated carbocycles. The van der Waals surface area contributed by atoms with Crippen LogP contribution < -0.4 is 11.1 Å². The van der Waals surface area contributed by atoms with Crippen molar-refractivity contribution in [3.05, 3.63) is 59.7 Å². The van der Waals surface area contributed by atoms with E-state index in [1.807, 2.05) is 48.5 Å². The monoisotopic (exact) mass is 596 g/mol. The first-order valence-electron chi connectivity index (χ1n) is 14.0. The van der Waals surface area contributed by atoms with E-state index in [9.17, 15) is 24.3 Å². The molecule has 0 saturated heterocycles. The van der Waals surface area contributed by atoms with Crippen LogP contribution in [0.5, 0.6) is 0 Å². The molecular formula is C31H40N4O8. The van der Waals surface area contributed by atoms with Crippen LogP contribution in [-0.2, 0) is 19.0 Å². The number of benzene rings is 2. The molecule has 2 aromatic rings. The van der Waals surface area contributed by atoms with E-state index in [0.29, 0.717) is 4.90 Å². The summed E-state index contributed by atoms with van der Waals surface area (Å²) in [5.41, 5.74) is 8.33. The number of guanidine groups is 1. The topological polar surface area (TPSA) is 170 Å². The van der Waals surface area contributed by atoms with Crippen molar-refractivity contribution in [3.63, 3.8) is 0 Å². The standard InChI is InChI=1S/C31H40N4O8/c1-30(2,3)42-28(39)35(29(40)43-31(4,5)6)26(32)33-17-11-16-24(25(36)37)34-27(38)41-18-23-21-14-9-7-12-19(21)20-13-8-10-15-22(20)23/h7-10,12-15,23-24H,11,16-18H2,1-6H3,(H2,32,33)(H,34,38)(H,36,37). The van der Waals surface area contributed by atoms with Gasteiger partial charge in [0.1, 0.15) is 23.9 Å². The number of rotatable bonds is 8. The van der Waals surface area contributed by atoms with Crippen LogP contribution in [0.15, 0.2) is 53.5 Å². The third-order valence-electron chi connectivity index (χ3n) is 6.24. The van der Waals surface area contributed by atoms with Gasteiger partial charge in [0, 0.05) is 12.5 Å². The highest BCUT2D eigenvalue weighted by molar-refractivity contribution is 6.07. The molecule has 0 fully saturated rings. The zero-order valence-corrected chi connectivity index (χ0v) is 25.4. The SMILES string of the molecule is CC(C)(C)OC(=O)N(C(=O)OC(C)(C)C)C(N)=NCCCC(NC(=O)OCC1c2ccccc2-c2ccccc21)C(=O)O. The van der Waals surface area contributed by atoms with E-state index in [1.54, 1.807) is 41.5 Å². The first-order chi connectivity index (χ1) is 20.1. The minimum absolute atomic E-state index is 0.0187. The predicted octanol–water partition coefficient (Wildman–Crippen LogP) is 5.25. The Balaban J connectivity index is 1.58. The third-order valence-corrected chi connectivity index (χ3v) is 6.24. The first kappa shape index (κ1) is 32.9. The molecule has 0 radical (unpaired) electrons. The zero-order chi connectivity index (χ0) is 31.9. The van der Waals surface area contributed by atoms with Crippen LogP contribution in [0.2, 0.25) is 0 Å². The van der Waals surface area contributed by atoms with Gasteiger partial charge in [-0.05, 0) is 76.6 Å². The number of hydrogen-bond donors (Lipinski definition) is 3. The van der Waals surface area contributed by atoms with Gasteiger partial charge in [0.05, 0.1) is 0 Å².